The van der Waals surface area contributed by atoms with Gasteiger partial charge < -0.3 is 0 Å². The zero-order chi connectivity index (χ0) is 13.7. The van der Waals surface area contributed by atoms with E-state index in [0.29, 0.717) is 20.1 Å². The van der Waals surface area contributed by atoms with Gasteiger partial charge in [0.05, 0.1) is 20.1 Å². The number of benzene rings is 1. The Morgan fingerprint density at radius 3 is 2.00 bits per heavy atom. The highest BCUT2D eigenvalue weighted by atomic mass is 35.5. The van der Waals surface area contributed by atoms with Crippen LogP contribution in [0.4, 0.5) is 0 Å². The van der Waals surface area contributed by atoms with Crippen LogP contribution in [0, 0.1) is 0 Å². The minimum absolute atomic E-state index is 0.240. The summed E-state index contributed by atoms with van der Waals surface area (Å²) in [6.07, 6.45) is 7.13. The largest absolute Gasteiger partial charge is 0.0888 e. The van der Waals surface area contributed by atoms with Crippen molar-refractivity contribution in [3.63, 3.8) is 0 Å². The summed E-state index contributed by atoms with van der Waals surface area (Å²) in [5.74, 6) is 0.240. The first-order valence-corrected chi connectivity index (χ1v) is 7.51. The topological polar surface area (TPSA) is 0 Å². The average molecular weight is 326 g/mol. The molecule has 1 aromatic carbocycles. The van der Waals surface area contributed by atoms with Crippen LogP contribution in [0.1, 0.15) is 44.6 Å². The summed E-state index contributed by atoms with van der Waals surface area (Å²) in [4.78, 5) is 0. The van der Waals surface area contributed by atoms with E-state index < -0.39 is 0 Å². The van der Waals surface area contributed by atoms with Gasteiger partial charge in [-0.15, -0.1) is 0 Å². The van der Waals surface area contributed by atoms with Gasteiger partial charge in [-0.25, -0.2) is 0 Å². The molecule has 0 fully saturated rings. The van der Waals surface area contributed by atoms with Crippen LogP contribution in [0.2, 0.25) is 20.1 Å². The second kappa shape index (κ2) is 7.65. The van der Waals surface area contributed by atoms with E-state index >= 15 is 0 Å². The highest BCUT2D eigenvalue weighted by Crippen LogP contribution is 2.43. The summed E-state index contributed by atoms with van der Waals surface area (Å²) in [6.45, 7) is 4.21. The highest BCUT2D eigenvalue weighted by molar-refractivity contribution is 6.48. The van der Waals surface area contributed by atoms with Crippen molar-refractivity contribution in [3.8, 4) is 0 Å². The zero-order valence-corrected chi connectivity index (χ0v) is 13.5. The molecule has 100 valence electrons. The van der Waals surface area contributed by atoms with Gasteiger partial charge in [0.15, 0.2) is 0 Å². The van der Waals surface area contributed by atoms with E-state index in [0.717, 1.165) is 24.8 Å². The summed E-state index contributed by atoms with van der Waals surface area (Å²) in [7, 11) is 0. The van der Waals surface area contributed by atoms with Gasteiger partial charge in [0.1, 0.15) is 0 Å². The maximum Gasteiger partial charge on any atom is 0.0643 e. The molecule has 0 heterocycles. The fourth-order valence-corrected chi connectivity index (χ4v) is 3.00. The van der Waals surface area contributed by atoms with Crippen molar-refractivity contribution in [2.45, 2.75) is 39.0 Å². The molecule has 0 bridgehead atoms. The van der Waals surface area contributed by atoms with Gasteiger partial charge in [0.25, 0.3) is 0 Å². The van der Waals surface area contributed by atoms with Gasteiger partial charge in [0.2, 0.25) is 0 Å². The van der Waals surface area contributed by atoms with Crippen LogP contribution in [0.25, 0.3) is 0 Å². The maximum atomic E-state index is 6.26. The quantitative estimate of drug-likeness (QED) is 0.398. The van der Waals surface area contributed by atoms with Gasteiger partial charge in [-0.3, -0.25) is 0 Å². The maximum absolute atomic E-state index is 6.26. The number of hydrogen-bond acceptors (Lipinski definition) is 0. The van der Waals surface area contributed by atoms with Crippen molar-refractivity contribution in [1.82, 2.24) is 0 Å². The fraction of sp³-hybridized carbons (Fsp3) is 0.429. The molecule has 4 heteroatoms. The molecule has 0 radical (unpaired) electrons. The van der Waals surface area contributed by atoms with E-state index in [1.54, 1.807) is 6.07 Å². The summed E-state index contributed by atoms with van der Waals surface area (Å²) in [5, 5.41) is 1.95. The second-order valence-electron chi connectivity index (χ2n) is 4.10. The van der Waals surface area contributed by atoms with Crippen molar-refractivity contribution in [1.29, 1.82) is 0 Å². The van der Waals surface area contributed by atoms with Crippen LogP contribution in [0.5, 0.6) is 0 Å². The van der Waals surface area contributed by atoms with Gasteiger partial charge in [-0.2, -0.15) is 0 Å². The summed E-state index contributed by atoms with van der Waals surface area (Å²) in [5.41, 5.74) is 0.860. The van der Waals surface area contributed by atoms with E-state index in [9.17, 15) is 0 Å². The van der Waals surface area contributed by atoms with Gasteiger partial charge in [0, 0.05) is 0 Å². The van der Waals surface area contributed by atoms with Crippen LogP contribution in [0.3, 0.4) is 0 Å². The van der Waals surface area contributed by atoms with E-state index in [4.69, 9.17) is 46.4 Å². The molecule has 1 atom stereocenters. The molecule has 0 saturated carbocycles. The summed E-state index contributed by atoms with van der Waals surface area (Å²) < 4.78 is 0. The van der Waals surface area contributed by atoms with Crippen LogP contribution < -0.4 is 0 Å². The van der Waals surface area contributed by atoms with Gasteiger partial charge in [-0.1, -0.05) is 72.4 Å². The average Bonchev–Trinajstić information content (AvgIpc) is 2.35. The van der Waals surface area contributed by atoms with E-state index in [1.165, 1.54) is 0 Å². The van der Waals surface area contributed by atoms with Crippen molar-refractivity contribution < 1.29 is 0 Å². The molecule has 0 aliphatic carbocycles. The van der Waals surface area contributed by atoms with Crippen molar-refractivity contribution in [2.75, 3.05) is 0 Å². The molecule has 0 spiro atoms. The Kier molecular flexibility index (Phi) is 6.87. The first-order valence-electron chi connectivity index (χ1n) is 6.00. The van der Waals surface area contributed by atoms with Crippen LogP contribution in [-0.4, -0.2) is 0 Å². The molecule has 0 nitrogen and oxygen atoms in total. The Morgan fingerprint density at radius 1 is 1.00 bits per heavy atom. The Morgan fingerprint density at radius 2 is 1.56 bits per heavy atom. The van der Waals surface area contributed by atoms with E-state index in [1.807, 2.05) is 0 Å². The Balaban J connectivity index is 3.16. The molecule has 0 amide bonds. The number of rotatable bonds is 5. The molecule has 0 aliphatic heterocycles. The molecule has 0 aromatic heterocycles. The lowest BCUT2D eigenvalue weighted by molar-refractivity contribution is 0.674. The molecule has 1 unspecified atom stereocenters. The third-order valence-corrected chi connectivity index (χ3v) is 4.47. The molecule has 1 aromatic rings. The first kappa shape index (κ1) is 16.2. The molecule has 18 heavy (non-hydrogen) atoms. The highest BCUT2D eigenvalue weighted by Gasteiger charge is 2.20. The second-order valence-corrected chi connectivity index (χ2v) is 5.67. The standard InChI is InChI=1S/C14H16Cl4/c1-3-5-6-7-9(4-2)12-13(17)10(15)8-11(16)14(12)18/h5-6,8-9H,3-4,7H2,1-2H3/b6-5-. The summed E-state index contributed by atoms with van der Waals surface area (Å²) in [6, 6.07) is 1.59. The van der Waals surface area contributed by atoms with Crippen LogP contribution >= 0.6 is 46.4 Å². The van der Waals surface area contributed by atoms with E-state index in [-0.39, 0.29) is 5.92 Å². The normalized spacial score (nSPS) is 13.2. The summed E-state index contributed by atoms with van der Waals surface area (Å²) >= 11 is 24.6. The molecule has 0 aliphatic rings. The number of halogens is 4. The number of hydrogen-bond donors (Lipinski definition) is 0. The molecular formula is C14H16Cl4. The number of allylic oxidation sites excluding steroid dienone is 2. The van der Waals surface area contributed by atoms with Gasteiger partial charge in [-0.05, 0) is 36.8 Å². The third kappa shape index (κ3) is 3.81. The lowest BCUT2D eigenvalue weighted by Crippen LogP contribution is -1.99. The van der Waals surface area contributed by atoms with E-state index in [2.05, 4.69) is 26.0 Å². The van der Waals surface area contributed by atoms with Crippen molar-refractivity contribution in [3.05, 3.63) is 43.9 Å². The Bertz CT molecular complexity index is 412. The SMILES string of the molecule is CC/C=C\CC(CC)c1c(Cl)c(Cl)cc(Cl)c1Cl. The minimum Gasteiger partial charge on any atom is -0.0888 e. The monoisotopic (exact) mass is 324 g/mol. The molecule has 0 saturated heterocycles. The van der Waals surface area contributed by atoms with Crippen molar-refractivity contribution in [2.24, 2.45) is 0 Å². The van der Waals surface area contributed by atoms with Crippen molar-refractivity contribution >= 4 is 46.4 Å². The van der Waals surface area contributed by atoms with Crippen LogP contribution in [0.15, 0.2) is 18.2 Å². The Labute approximate surface area is 129 Å². The fourth-order valence-electron chi connectivity index (χ4n) is 1.87. The molecule has 0 N–H and O–H groups in total. The molecule has 1 rings (SSSR count). The first-order chi connectivity index (χ1) is 8.52. The molecular weight excluding hydrogens is 310 g/mol. The lowest BCUT2D eigenvalue weighted by Gasteiger charge is -2.18. The smallest absolute Gasteiger partial charge is 0.0643 e. The minimum atomic E-state index is 0.240. The Hall–Kier alpha value is 0.120. The predicted octanol–water partition coefficient (Wildman–Crippen LogP) is 7.15. The van der Waals surface area contributed by atoms with Crippen LogP contribution in [-0.2, 0) is 0 Å². The predicted molar refractivity (Wildman–Crippen MR) is 83.6 cm³/mol. The zero-order valence-electron chi connectivity index (χ0n) is 10.4. The van der Waals surface area contributed by atoms with Gasteiger partial charge >= 0.3 is 0 Å². The lowest BCUT2D eigenvalue weighted by atomic mass is 9.92. The third-order valence-electron chi connectivity index (χ3n) is 2.87.